The first-order valence-electron chi connectivity index (χ1n) is 5.96. The van der Waals surface area contributed by atoms with Gasteiger partial charge in [-0.3, -0.25) is 0 Å². The summed E-state index contributed by atoms with van der Waals surface area (Å²) in [5, 5.41) is 3.39. The van der Waals surface area contributed by atoms with Crippen molar-refractivity contribution in [2.24, 2.45) is 0 Å². The highest BCUT2D eigenvalue weighted by molar-refractivity contribution is 5.17. The van der Waals surface area contributed by atoms with Crippen LogP contribution >= 0.6 is 0 Å². The molecule has 0 saturated heterocycles. The van der Waals surface area contributed by atoms with E-state index < -0.39 is 0 Å². The maximum absolute atomic E-state index is 13.0. The first-order valence-corrected chi connectivity index (χ1v) is 5.96. The van der Waals surface area contributed by atoms with Crippen LogP contribution in [-0.4, -0.2) is 25.3 Å². The second-order valence-corrected chi connectivity index (χ2v) is 5.08. The van der Waals surface area contributed by atoms with Crippen LogP contribution in [0, 0.1) is 5.82 Å². The number of benzene rings is 1. The molecule has 0 heterocycles. The van der Waals surface area contributed by atoms with Crippen LogP contribution in [0.4, 0.5) is 4.39 Å². The van der Waals surface area contributed by atoms with E-state index in [1.54, 1.807) is 19.2 Å². The van der Waals surface area contributed by atoms with Crippen LogP contribution in [0.3, 0.4) is 0 Å². The fraction of sp³-hybridized carbons (Fsp3) is 0.571. The summed E-state index contributed by atoms with van der Waals surface area (Å²) in [5.74, 6) is -0.174. The van der Waals surface area contributed by atoms with E-state index in [4.69, 9.17) is 4.74 Å². The van der Waals surface area contributed by atoms with Crippen LogP contribution in [0.15, 0.2) is 24.3 Å². The minimum Gasteiger partial charge on any atom is -0.377 e. The lowest BCUT2D eigenvalue weighted by Gasteiger charge is -2.25. The van der Waals surface area contributed by atoms with Gasteiger partial charge in [0.15, 0.2) is 0 Å². The standard InChI is InChI=1S/C14H22FNO/c1-11(16-10-14(2,3)17-4)8-12-6-5-7-13(15)9-12/h5-7,9,11,16H,8,10H2,1-4H3. The zero-order chi connectivity index (χ0) is 12.9. The Labute approximate surface area is 103 Å². The molecule has 17 heavy (non-hydrogen) atoms. The van der Waals surface area contributed by atoms with E-state index in [9.17, 15) is 4.39 Å². The van der Waals surface area contributed by atoms with Crippen LogP contribution in [0.5, 0.6) is 0 Å². The van der Waals surface area contributed by atoms with Gasteiger partial charge >= 0.3 is 0 Å². The zero-order valence-corrected chi connectivity index (χ0v) is 11.1. The highest BCUT2D eigenvalue weighted by Crippen LogP contribution is 2.09. The van der Waals surface area contributed by atoms with Gasteiger partial charge in [-0.25, -0.2) is 4.39 Å². The van der Waals surface area contributed by atoms with Crippen LogP contribution in [0.25, 0.3) is 0 Å². The molecule has 0 radical (unpaired) electrons. The minimum atomic E-state index is -0.174. The second kappa shape index (κ2) is 6.12. The molecule has 0 saturated carbocycles. The second-order valence-electron chi connectivity index (χ2n) is 5.08. The highest BCUT2D eigenvalue weighted by atomic mass is 19.1. The lowest BCUT2D eigenvalue weighted by atomic mass is 10.1. The maximum atomic E-state index is 13.0. The first kappa shape index (κ1) is 14.1. The molecular weight excluding hydrogens is 217 g/mol. The smallest absolute Gasteiger partial charge is 0.123 e. The molecule has 2 nitrogen and oxygen atoms in total. The molecule has 1 unspecified atom stereocenters. The molecule has 1 aromatic carbocycles. The predicted molar refractivity (Wildman–Crippen MR) is 68.7 cm³/mol. The van der Waals surface area contributed by atoms with Gasteiger partial charge in [-0.15, -0.1) is 0 Å². The van der Waals surface area contributed by atoms with Crippen LogP contribution in [0.2, 0.25) is 0 Å². The Morgan fingerprint density at radius 2 is 2.12 bits per heavy atom. The lowest BCUT2D eigenvalue weighted by Crippen LogP contribution is -2.41. The van der Waals surface area contributed by atoms with Gasteiger partial charge in [0.2, 0.25) is 0 Å². The molecule has 1 N–H and O–H groups in total. The van der Waals surface area contributed by atoms with Crippen molar-refractivity contribution < 1.29 is 9.13 Å². The lowest BCUT2D eigenvalue weighted by molar-refractivity contribution is 0.0214. The minimum absolute atomic E-state index is 0.170. The normalized spacial score (nSPS) is 13.7. The molecule has 1 aromatic rings. The SMILES string of the molecule is COC(C)(C)CNC(C)Cc1cccc(F)c1. The molecule has 1 atom stereocenters. The van der Waals surface area contributed by atoms with Crippen LogP contribution in [0.1, 0.15) is 26.3 Å². The third-order valence-corrected chi connectivity index (χ3v) is 2.86. The number of rotatable bonds is 6. The Morgan fingerprint density at radius 1 is 1.41 bits per heavy atom. The molecule has 1 rings (SSSR count). The molecule has 0 amide bonds. The fourth-order valence-electron chi connectivity index (χ4n) is 1.58. The number of halogens is 1. The Hall–Kier alpha value is -0.930. The molecule has 0 aromatic heterocycles. The average Bonchev–Trinajstić information content (AvgIpc) is 2.27. The molecule has 0 aliphatic rings. The summed E-state index contributed by atoms with van der Waals surface area (Å²) in [6.07, 6.45) is 0.817. The molecule has 0 bridgehead atoms. The van der Waals surface area contributed by atoms with Crippen molar-refractivity contribution in [3.63, 3.8) is 0 Å². The molecule has 0 spiro atoms. The van der Waals surface area contributed by atoms with Crippen molar-refractivity contribution in [3.8, 4) is 0 Å². The summed E-state index contributed by atoms with van der Waals surface area (Å²) in [6, 6.07) is 7.04. The van der Waals surface area contributed by atoms with Gasteiger partial charge in [0.25, 0.3) is 0 Å². The fourth-order valence-corrected chi connectivity index (χ4v) is 1.58. The van der Waals surface area contributed by atoms with Gasteiger partial charge in [0.1, 0.15) is 5.82 Å². The molecule has 0 fully saturated rings. The summed E-state index contributed by atoms with van der Waals surface area (Å²) in [6.45, 7) is 6.94. The number of hydrogen-bond donors (Lipinski definition) is 1. The quantitative estimate of drug-likeness (QED) is 0.824. The molecule has 0 aliphatic carbocycles. The van der Waals surface area contributed by atoms with Crippen molar-refractivity contribution in [1.82, 2.24) is 5.32 Å². The largest absolute Gasteiger partial charge is 0.377 e. The topological polar surface area (TPSA) is 21.3 Å². The molecule has 0 aliphatic heterocycles. The summed E-state index contributed by atoms with van der Waals surface area (Å²) in [5.41, 5.74) is 0.844. The number of ether oxygens (including phenoxy) is 1. The average molecular weight is 239 g/mol. The predicted octanol–water partition coefficient (Wildman–Crippen LogP) is 2.77. The van der Waals surface area contributed by atoms with E-state index in [-0.39, 0.29) is 11.4 Å². The van der Waals surface area contributed by atoms with Gasteiger partial charge in [0, 0.05) is 19.7 Å². The van der Waals surface area contributed by atoms with Gasteiger partial charge in [-0.1, -0.05) is 12.1 Å². The van der Waals surface area contributed by atoms with Crippen LogP contribution < -0.4 is 5.32 Å². The Balaban J connectivity index is 2.42. The van der Waals surface area contributed by atoms with E-state index in [2.05, 4.69) is 12.2 Å². The van der Waals surface area contributed by atoms with Crippen molar-refractivity contribution >= 4 is 0 Å². The Morgan fingerprint density at radius 3 is 2.71 bits per heavy atom. The van der Waals surface area contributed by atoms with E-state index >= 15 is 0 Å². The van der Waals surface area contributed by atoms with Crippen molar-refractivity contribution in [1.29, 1.82) is 0 Å². The summed E-state index contributed by atoms with van der Waals surface area (Å²) in [4.78, 5) is 0. The van der Waals surface area contributed by atoms with Crippen LogP contribution in [-0.2, 0) is 11.2 Å². The monoisotopic (exact) mass is 239 g/mol. The highest BCUT2D eigenvalue weighted by Gasteiger charge is 2.17. The van der Waals surface area contributed by atoms with Gasteiger partial charge < -0.3 is 10.1 Å². The van der Waals surface area contributed by atoms with Gasteiger partial charge in [-0.05, 0) is 44.9 Å². The number of nitrogens with one attached hydrogen (secondary N) is 1. The summed E-state index contributed by atoms with van der Waals surface area (Å²) >= 11 is 0. The number of hydrogen-bond acceptors (Lipinski definition) is 2. The van der Waals surface area contributed by atoms with E-state index in [1.165, 1.54) is 6.07 Å². The zero-order valence-electron chi connectivity index (χ0n) is 11.1. The van der Waals surface area contributed by atoms with Gasteiger partial charge in [-0.2, -0.15) is 0 Å². The third-order valence-electron chi connectivity index (χ3n) is 2.86. The van der Waals surface area contributed by atoms with Crippen molar-refractivity contribution in [2.75, 3.05) is 13.7 Å². The molecular formula is C14H22FNO. The molecule has 96 valence electrons. The number of methoxy groups -OCH3 is 1. The van der Waals surface area contributed by atoms with Gasteiger partial charge in [0.05, 0.1) is 5.60 Å². The van der Waals surface area contributed by atoms with E-state index in [1.807, 2.05) is 19.9 Å². The van der Waals surface area contributed by atoms with E-state index in [0.717, 1.165) is 18.5 Å². The summed E-state index contributed by atoms with van der Waals surface area (Å²) in [7, 11) is 1.71. The first-order chi connectivity index (χ1) is 7.93. The third kappa shape index (κ3) is 5.29. The Kier molecular flexibility index (Phi) is 5.09. The maximum Gasteiger partial charge on any atom is 0.123 e. The molecule has 3 heteroatoms. The van der Waals surface area contributed by atoms with Crippen molar-refractivity contribution in [3.05, 3.63) is 35.6 Å². The summed E-state index contributed by atoms with van der Waals surface area (Å²) < 4.78 is 18.3. The van der Waals surface area contributed by atoms with Crippen molar-refractivity contribution in [2.45, 2.75) is 38.8 Å². The Bertz CT molecular complexity index is 352. The van der Waals surface area contributed by atoms with E-state index in [0.29, 0.717) is 6.04 Å².